The van der Waals surface area contributed by atoms with Crippen molar-refractivity contribution in [2.24, 2.45) is 0 Å². The molecule has 1 aromatic rings. The van der Waals surface area contributed by atoms with Crippen molar-refractivity contribution in [2.75, 3.05) is 6.54 Å². The lowest BCUT2D eigenvalue weighted by molar-refractivity contribution is 0.383. The third-order valence-electron chi connectivity index (χ3n) is 2.03. The van der Waals surface area contributed by atoms with E-state index in [1.807, 2.05) is 0 Å². The van der Waals surface area contributed by atoms with Gasteiger partial charge in [-0.1, -0.05) is 30.3 Å². The Morgan fingerprint density at radius 3 is 2.40 bits per heavy atom. The van der Waals surface area contributed by atoms with Gasteiger partial charge >= 0.3 is 0 Å². The number of hydrogen-bond acceptors (Lipinski definition) is 1. The zero-order chi connectivity index (χ0) is 6.81. The maximum atomic E-state index is 3.36. The van der Waals surface area contributed by atoms with Crippen molar-refractivity contribution < 1.29 is 0 Å². The maximum Gasteiger partial charge on any atom is 0.0332 e. The van der Waals surface area contributed by atoms with Gasteiger partial charge in [-0.05, 0) is 18.5 Å². The van der Waals surface area contributed by atoms with Crippen LogP contribution in [0.5, 0.6) is 0 Å². The Kier molecular flexibility index (Phi) is 1.44. The molecule has 10 heavy (non-hydrogen) atoms. The molecule has 0 spiro atoms. The average molecular weight is 133 g/mol. The van der Waals surface area contributed by atoms with Crippen molar-refractivity contribution in [1.82, 2.24) is 5.32 Å². The van der Waals surface area contributed by atoms with Crippen LogP contribution in [0.3, 0.4) is 0 Å². The van der Waals surface area contributed by atoms with Gasteiger partial charge in [0.05, 0.1) is 0 Å². The van der Waals surface area contributed by atoms with E-state index in [-0.39, 0.29) is 0 Å². The normalized spacial score (nSPS) is 23.8. The average Bonchev–Trinajstić information content (AvgIpc) is 1.86. The van der Waals surface area contributed by atoms with E-state index in [0.29, 0.717) is 6.04 Å². The molecule has 0 saturated carbocycles. The van der Waals surface area contributed by atoms with E-state index < -0.39 is 0 Å². The van der Waals surface area contributed by atoms with Crippen LogP contribution in [0.2, 0.25) is 0 Å². The highest BCUT2D eigenvalue weighted by atomic mass is 15.0. The fraction of sp³-hybridized carbons (Fsp3) is 0.333. The van der Waals surface area contributed by atoms with Gasteiger partial charge in [0.15, 0.2) is 0 Å². The molecular formula is C9H11N. The van der Waals surface area contributed by atoms with Crippen molar-refractivity contribution in [2.45, 2.75) is 12.5 Å². The highest BCUT2D eigenvalue weighted by Crippen LogP contribution is 2.21. The van der Waals surface area contributed by atoms with Crippen molar-refractivity contribution in [1.29, 1.82) is 0 Å². The summed E-state index contributed by atoms with van der Waals surface area (Å²) in [5.74, 6) is 0. The molecule has 1 aromatic carbocycles. The van der Waals surface area contributed by atoms with E-state index in [2.05, 4.69) is 35.6 Å². The van der Waals surface area contributed by atoms with Crippen LogP contribution in [0, 0.1) is 0 Å². The predicted molar refractivity (Wildman–Crippen MR) is 41.8 cm³/mol. The first kappa shape index (κ1) is 5.93. The fourth-order valence-electron chi connectivity index (χ4n) is 1.26. The largest absolute Gasteiger partial charge is 0.310 e. The van der Waals surface area contributed by atoms with Gasteiger partial charge in [0.1, 0.15) is 0 Å². The molecular weight excluding hydrogens is 122 g/mol. The van der Waals surface area contributed by atoms with Gasteiger partial charge in [-0.15, -0.1) is 0 Å². The molecule has 52 valence electrons. The van der Waals surface area contributed by atoms with E-state index in [1.165, 1.54) is 18.5 Å². The number of hydrogen-bond donors (Lipinski definition) is 1. The van der Waals surface area contributed by atoms with Crippen LogP contribution < -0.4 is 5.32 Å². The summed E-state index contributed by atoms with van der Waals surface area (Å²) < 4.78 is 0. The number of rotatable bonds is 1. The van der Waals surface area contributed by atoms with Crippen LogP contribution in [0.15, 0.2) is 30.3 Å². The van der Waals surface area contributed by atoms with Gasteiger partial charge in [0, 0.05) is 6.04 Å². The van der Waals surface area contributed by atoms with Crippen LogP contribution >= 0.6 is 0 Å². The molecule has 0 radical (unpaired) electrons. The zero-order valence-corrected chi connectivity index (χ0v) is 5.88. The van der Waals surface area contributed by atoms with Crippen LogP contribution in [0.4, 0.5) is 0 Å². The molecule has 0 bridgehead atoms. The second-order valence-electron chi connectivity index (χ2n) is 2.71. The molecule has 1 atom stereocenters. The summed E-state index contributed by atoms with van der Waals surface area (Å²) in [6.45, 7) is 1.18. The summed E-state index contributed by atoms with van der Waals surface area (Å²) in [4.78, 5) is 0. The van der Waals surface area contributed by atoms with Crippen molar-refractivity contribution in [3.63, 3.8) is 0 Å². The molecule has 1 aliphatic heterocycles. The van der Waals surface area contributed by atoms with E-state index in [1.54, 1.807) is 0 Å². The first-order valence-corrected chi connectivity index (χ1v) is 3.75. The molecule has 1 heteroatoms. The fourth-order valence-corrected chi connectivity index (χ4v) is 1.26. The lowest BCUT2D eigenvalue weighted by Crippen LogP contribution is -2.34. The SMILES string of the molecule is c1ccc([C@@H]2CCN2)cc1. The standard InChI is InChI=1S/C9H11N/c1-2-4-8(5-3-1)9-6-7-10-9/h1-5,9-10H,6-7H2/t9-/m0/s1. The summed E-state index contributed by atoms with van der Waals surface area (Å²) >= 11 is 0. The summed E-state index contributed by atoms with van der Waals surface area (Å²) in [6.07, 6.45) is 1.30. The highest BCUT2D eigenvalue weighted by Gasteiger charge is 2.16. The summed E-state index contributed by atoms with van der Waals surface area (Å²) in [5.41, 5.74) is 1.42. The third kappa shape index (κ3) is 0.929. The summed E-state index contributed by atoms with van der Waals surface area (Å²) in [5, 5.41) is 3.36. The van der Waals surface area contributed by atoms with Crippen molar-refractivity contribution in [3.8, 4) is 0 Å². The first-order valence-electron chi connectivity index (χ1n) is 3.75. The highest BCUT2D eigenvalue weighted by molar-refractivity contribution is 5.20. The summed E-state index contributed by atoms with van der Waals surface area (Å²) in [7, 11) is 0. The Morgan fingerprint density at radius 1 is 1.20 bits per heavy atom. The second kappa shape index (κ2) is 2.43. The van der Waals surface area contributed by atoms with Crippen LogP contribution in [-0.2, 0) is 0 Å². The molecule has 0 amide bonds. The quantitative estimate of drug-likeness (QED) is 0.615. The van der Waals surface area contributed by atoms with E-state index in [0.717, 1.165) is 0 Å². The van der Waals surface area contributed by atoms with Gasteiger partial charge in [-0.3, -0.25) is 0 Å². The zero-order valence-electron chi connectivity index (χ0n) is 5.88. The lowest BCUT2D eigenvalue weighted by Gasteiger charge is -2.27. The minimum atomic E-state index is 0.640. The van der Waals surface area contributed by atoms with Gasteiger partial charge in [-0.25, -0.2) is 0 Å². The molecule has 0 aliphatic carbocycles. The first-order chi connectivity index (χ1) is 4.97. The van der Waals surface area contributed by atoms with Crippen LogP contribution in [0.25, 0.3) is 0 Å². The van der Waals surface area contributed by atoms with Crippen molar-refractivity contribution >= 4 is 0 Å². The molecule has 1 saturated heterocycles. The summed E-state index contributed by atoms with van der Waals surface area (Å²) in [6, 6.07) is 11.2. The molecule has 0 unspecified atom stereocenters. The Bertz CT molecular complexity index is 201. The third-order valence-corrected chi connectivity index (χ3v) is 2.03. The minimum absolute atomic E-state index is 0.640. The molecule has 1 N–H and O–H groups in total. The second-order valence-corrected chi connectivity index (χ2v) is 2.71. The van der Waals surface area contributed by atoms with E-state index in [9.17, 15) is 0 Å². The molecule has 2 rings (SSSR count). The predicted octanol–water partition coefficient (Wildman–Crippen LogP) is 1.72. The van der Waals surface area contributed by atoms with E-state index >= 15 is 0 Å². The lowest BCUT2D eigenvalue weighted by atomic mass is 9.98. The van der Waals surface area contributed by atoms with E-state index in [4.69, 9.17) is 0 Å². The monoisotopic (exact) mass is 133 g/mol. The smallest absolute Gasteiger partial charge is 0.0332 e. The van der Waals surface area contributed by atoms with Crippen LogP contribution in [0.1, 0.15) is 18.0 Å². The Balaban J connectivity index is 2.18. The number of nitrogens with one attached hydrogen (secondary N) is 1. The molecule has 1 fully saturated rings. The molecule has 1 aliphatic rings. The van der Waals surface area contributed by atoms with Crippen molar-refractivity contribution in [3.05, 3.63) is 35.9 Å². The van der Waals surface area contributed by atoms with Gasteiger partial charge in [-0.2, -0.15) is 0 Å². The Labute approximate surface area is 61.1 Å². The molecule has 0 aromatic heterocycles. The molecule has 1 nitrogen and oxygen atoms in total. The Hall–Kier alpha value is -0.820. The number of benzene rings is 1. The minimum Gasteiger partial charge on any atom is -0.310 e. The van der Waals surface area contributed by atoms with Gasteiger partial charge in [0.2, 0.25) is 0 Å². The van der Waals surface area contributed by atoms with Crippen LogP contribution in [-0.4, -0.2) is 6.54 Å². The molecule has 1 heterocycles. The maximum absolute atomic E-state index is 3.36. The Morgan fingerprint density at radius 2 is 1.90 bits per heavy atom. The van der Waals surface area contributed by atoms with Gasteiger partial charge < -0.3 is 5.32 Å². The van der Waals surface area contributed by atoms with Gasteiger partial charge in [0.25, 0.3) is 0 Å². The topological polar surface area (TPSA) is 12.0 Å².